The number of hydrogen-bond acceptors (Lipinski definition) is 4. The van der Waals surface area contributed by atoms with Gasteiger partial charge in [-0.1, -0.05) is 50.3 Å². The maximum absolute atomic E-state index is 12.9. The van der Waals surface area contributed by atoms with Crippen molar-refractivity contribution in [2.45, 2.75) is 63.8 Å². The molecule has 5 rings (SSSR count). The molecule has 0 aliphatic heterocycles. The number of nitrogens with zero attached hydrogens (tertiary/aromatic N) is 3. The standard InChI is InChI=1S/C25H30N4O/c30-23-16-13-20-17-26-25(27-21-9-5-2-6-10-21)28-24(20)29(23)22-14-11-19(12-15-22)18-7-3-1-4-8-18/h2,5-6,9-10,13,16-19,22H,1,3-4,7-8,11-12,14-15H2,(H,26,27,28). The number of hydrogen-bond donors (Lipinski definition) is 1. The number of para-hydroxylation sites is 1. The van der Waals surface area contributed by atoms with Gasteiger partial charge < -0.3 is 5.32 Å². The Balaban J connectivity index is 1.40. The lowest BCUT2D eigenvalue weighted by atomic mass is 9.72. The first-order chi connectivity index (χ1) is 14.8. The minimum absolute atomic E-state index is 0.0491. The third-order valence-electron chi connectivity index (χ3n) is 7.12. The summed E-state index contributed by atoms with van der Waals surface area (Å²) in [4.78, 5) is 22.1. The molecule has 2 fully saturated rings. The molecule has 2 aliphatic carbocycles. The Kier molecular flexibility index (Phi) is 5.52. The van der Waals surface area contributed by atoms with Crippen molar-refractivity contribution in [3.8, 4) is 0 Å². The van der Waals surface area contributed by atoms with Crippen LogP contribution in [0.15, 0.2) is 53.5 Å². The Morgan fingerprint density at radius 3 is 2.33 bits per heavy atom. The van der Waals surface area contributed by atoms with Crippen LogP contribution in [0, 0.1) is 11.8 Å². The highest BCUT2D eigenvalue weighted by molar-refractivity contribution is 5.75. The lowest BCUT2D eigenvalue weighted by Gasteiger charge is -2.36. The summed E-state index contributed by atoms with van der Waals surface area (Å²) in [6.07, 6.45) is 13.5. The topological polar surface area (TPSA) is 59.8 Å². The minimum atomic E-state index is 0.0491. The van der Waals surface area contributed by atoms with E-state index in [2.05, 4.69) is 10.3 Å². The van der Waals surface area contributed by atoms with Crippen LogP contribution in [0.4, 0.5) is 11.6 Å². The second-order valence-electron chi connectivity index (χ2n) is 8.97. The van der Waals surface area contributed by atoms with Gasteiger partial charge in [-0.15, -0.1) is 0 Å². The van der Waals surface area contributed by atoms with Crippen molar-refractivity contribution in [1.82, 2.24) is 14.5 Å². The summed E-state index contributed by atoms with van der Waals surface area (Å²) in [5.41, 5.74) is 1.74. The molecule has 2 saturated carbocycles. The molecule has 30 heavy (non-hydrogen) atoms. The van der Waals surface area contributed by atoms with Crippen LogP contribution in [0.3, 0.4) is 0 Å². The molecule has 0 radical (unpaired) electrons. The Bertz CT molecular complexity index is 1050. The van der Waals surface area contributed by atoms with Crippen molar-refractivity contribution in [2.24, 2.45) is 11.8 Å². The van der Waals surface area contributed by atoms with Gasteiger partial charge in [0.1, 0.15) is 5.65 Å². The number of pyridine rings is 1. The highest BCUT2D eigenvalue weighted by Gasteiger charge is 2.30. The molecule has 0 atom stereocenters. The largest absolute Gasteiger partial charge is 0.324 e. The fraction of sp³-hybridized carbons (Fsp3) is 0.480. The lowest BCUT2D eigenvalue weighted by molar-refractivity contribution is 0.169. The second kappa shape index (κ2) is 8.58. The van der Waals surface area contributed by atoms with E-state index in [1.54, 1.807) is 6.07 Å². The van der Waals surface area contributed by atoms with E-state index in [0.29, 0.717) is 5.95 Å². The molecule has 2 aromatic heterocycles. The highest BCUT2D eigenvalue weighted by atomic mass is 16.1. The van der Waals surface area contributed by atoms with Gasteiger partial charge in [-0.3, -0.25) is 9.36 Å². The van der Waals surface area contributed by atoms with Gasteiger partial charge in [0, 0.05) is 29.4 Å². The van der Waals surface area contributed by atoms with Crippen LogP contribution in [0.25, 0.3) is 11.0 Å². The molecule has 1 N–H and O–H groups in total. The van der Waals surface area contributed by atoms with Crippen molar-refractivity contribution in [2.75, 3.05) is 5.32 Å². The number of fused-ring (bicyclic) bond motifs is 1. The van der Waals surface area contributed by atoms with E-state index < -0.39 is 0 Å². The van der Waals surface area contributed by atoms with Crippen LogP contribution >= 0.6 is 0 Å². The van der Waals surface area contributed by atoms with E-state index in [1.165, 1.54) is 44.9 Å². The van der Waals surface area contributed by atoms with Crippen molar-refractivity contribution < 1.29 is 0 Å². The summed E-state index contributed by atoms with van der Waals surface area (Å²) < 4.78 is 1.93. The molecule has 1 aromatic carbocycles. The maximum Gasteiger partial charge on any atom is 0.252 e. The maximum atomic E-state index is 12.9. The van der Waals surface area contributed by atoms with Gasteiger partial charge in [-0.2, -0.15) is 4.98 Å². The molecule has 0 bridgehead atoms. The van der Waals surface area contributed by atoms with Crippen molar-refractivity contribution in [3.63, 3.8) is 0 Å². The van der Waals surface area contributed by atoms with Crippen LogP contribution in [0.1, 0.15) is 63.8 Å². The van der Waals surface area contributed by atoms with Crippen molar-refractivity contribution >= 4 is 22.7 Å². The molecular formula is C25H30N4O. The summed E-state index contributed by atoms with van der Waals surface area (Å²) in [6, 6.07) is 13.6. The fourth-order valence-electron chi connectivity index (χ4n) is 5.54. The average molecular weight is 403 g/mol. The van der Waals surface area contributed by atoms with E-state index in [4.69, 9.17) is 4.98 Å². The van der Waals surface area contributed by atoms with Gasteiger partial charge >= 0.3 is 0 Å². The molecule has 156 valence electrons. The van der Waals surface area contributed by atoms with Crippen LogP contribution in [-0.4, -0.2) is 14.5 Å². The zero-order chi connectivity index (χ0) is 20.3. The van der Waals surface area contributed by atoms with Crippen LogP contribution in [0.2, 0.25) is 0 Å². The summed E-state index contributed by atoms with van der Waals surface area (Å²) in [7, 11) is 0. The number of nitrogens with one attached hydrogen (secondary N) is 1. The summed E-state index contributed by atoms with van der Waals surface area (Å²) in [5, 5.41) is 4.18. The average Bonchev–Trinajstić information content (AvgIpc) is 2.80. The van der Waals surface area contributed by atoms with Gasteiger partial charge in [-0.25, -0.2) is 4.98 Å². The Morgan fingerprint density at radius 1 is 0.833 bits per heavy atom. The smallest absolute Gasteiger partial charge is 0.252 e. The minimum Gasteiger partial charge on any atom is -0.324 e. The first-order valence-corrected chi connectivity index (χ1v) is 11.5. The Hall–Kier alpha value is -2.69. The fourth-order valence-corrected chi connectivity index (χ4v) is 5.54. The predicted molar refractivity (Wildman–Crippen MR) is 121 cm³/mol. The summed E-state index contributed by atoms with van der Waals surface area (Å²) in [5.74, 6) is 2.29. The van der Waals surface area contributed by atoms with Gasteiger partial charge in [0.2, 0.25) is 5.95 Å². The molecule has 5 nitrogen and oxygen atoms in total. The van der Waals surface area contributed by atoms with Crippen LogP contribution in [-0.2, 0) is 0 Å². The van der Waals surface area contributed by atoms with Crippen molar-refractivity contribution in [1.29, 1.82) is 0 Å². The number of aromatic nitrogens is 3. The molecule has 2 aliphatic rings. The lowest BCUT2D eigenvalue weighted by Crippen LogP contribution is -2.30. The Morgan fingerprint density at radius 2 is 1.57 bits per heavy atom. The SMILES string of the molecule is O=c1ccc2cnc(Nc3ccccc3)nc2n1C1CCC(C2CCCCC2)CC1. The zero-order valence-electron chi connectivity index (χ0n) is 17.5. The molecule has 2 heterocycles. The number of benzene rings is 1. The van der Waals surface area contributed by atoms with Gasteiger partial charge in [0.15, 0.2) is 0 Å². The molecular weight excluding hydrogens is 372 g/mol. The summed E-state index contributed by atoms with van der Waals surface area (Å²) >= 11 is 0. The third-order valence-corrected chi connectivity index (χ3v) is 7.12. The zero-order valence-corrected chi connectivity index (χ0v) is 17.5. The van der Waals surface area contributed by atoms with E-state index >= 15 is 0 Å². The molecule has 0 amide bonds. The quantitative estimate of drug-likeness (QED) is 0.595. The highest BCUT2D eigenvalue weighted by Crippen LogP contribution is 2.41. The first kappa shape index (κ1) is 19.3. The summed E-state index contributed by atoms with van der Waals surface area (Å²) in [6.45, 7) is 0. The molecule has 0 spiro atoms. The molecule has 3 aromatic rings. The monoisotopic (exact) mass is 402 g/mol. The van der Waals surface area contributed by atoms with E-state index in [1.807, 2.05) is 47.2 Å². The predicted octanol–water partition coefficient (Wildman–Crippen LogP) is 5.85. The van der Waals surface area contributed by atoms with Gasteiger partial charge in [0.25, 0.3) is 5.56 Å². The van der Waals surface area contributed by atoms with Crippen LogP contribution in [0.5, 0.6) is 0 Å². The van der Waals surface area contributed by atoms with E-state index in [0.717, 1.165) is 41.4 Å². The van der Waals surface area contributed by atoms with Crippen molar-refractivity contribution in [3.05, 3.63) is 59.0 Å². The number of anilines is 2. The van der Waals surface area contributed by atoms with Crippen LogP contribution < -0.4 is 10.9 Å². The molecule has 5 heteroatoms. The first-order valence-electron chi connectivity index (χ1n) is 11.5. The Labute approximate surface area is 177 Å². The normalized spacial score (nSPS) is 22.8. The van der Waals surface area contributed by atoms with Gasteiger partial charge in [0.05, 0.1) is 0 Å². The van der Waals surface area contributed by atoms with E-state index in [-0.39, 0.29) is 11.6 Å². The van der Waals surface area contributed by atoms with Gasteiger partial charge in [-0.05, 0) is 55.7 Å². The molecule has 0 unspecified atom stereocenters. The second-order valence-corrected chi connectivity index (χ2v) is 8.97. The number of rotatable bonds is 4. The molecule has 0 saturated heterocycles. The third kappa shape index (κ3) is 3.98. The van der Waals surface area contributed by atoms with E-state index in [9.17, 15) is 4.79 Å².